The second-order valence-electron chi connectivity index (χ2n) is 4.68. The monoisotopic (exact) mass is 262 g/mol. The van der Waals surface area contributed by atoms with Gasteiger partial charge in [-0.05, 0) is 31.4 Å². The smallest absolute Gasteiger partial charge is 0.130 e. The number of halogens is 1. The molecule has 1 atom stereocenters. The Hall–Kier alpha value is -1.72. The zero-order valence-corrected chi connectivity index (χ0v) is 11.2. The standard InChI is InChI=1S/C14H19FN4/c1-10-4-3-5-12(14(10)15)13(18-16)7-6-11-8-9-17-19(11)2/h3-5,8-9,13,18H,6-7,16H2,1-2H3. The van der Waals surface area contributed by atoms with Gasteiger partial charge in [0, 0.05) is 30.5 Å². The Morgan fingerprint density at radius 3 is 2.84 bits per heavy atom. The summed E-state index contributed by atoms with van der Waals surface area (Å²) in [5.74, 6) is 5.38. The van der Waals surface area contributed by atoms with Crippen LogP contribution in [0.3, 0.4) is 0 Å². The first-order valence-electron chi connectivity index (χ1n) is 6.31. The van der Waals surface area contributed by atoms with Crippen LogP contribution < -0.4 is 11.3 Å². The molecule has 0 spiro atoms. The number of nitrogens with two attached hydrogens (primary N) is 1. The minimum Gasteiger partial charge on any atom is -0.273 e. The van der Waals surface area contributed by atoms with E-state index < -0.39 is 0 Å². The van der Waals surface area contributed by atoms with Gasteiger partial charge in [-0.15, -0.1) is 0 Å². The Bertz CT molecular complexity index is 550. The highest BCUT2D eigenvalue weighted by Gasteiger charge is 2.16. The van der Waals surface area contributed by atoms with Gasteiger partial charge in [0.1, 0.15) is 5.82 Å². The molecule has 0 saturated carbocycles. The van der Waals surface area contributed by atoms with Crippen LogP contribution in [-0.4, -0.2) is 9.78 Å². The Morgan fingerprint density at radius 1 is 1.42 bits per heavy atom. The third-order valence-corrected chi connectivity index (χ3v) is 3.41. The van der Waals surface area contributed by atoms with Gasteiger partial charge in [-0.1, -0.05) is 18.2 Å². The molecule has 5 heteroatoms. The molecule has 3 N–H and O–H groups in total. The van der Waals surface area contributed by atoms with Crippen molar-refractivity contribution in [2.24, 2.45) is 12.9 Å². The lowest BCUT2D eigenvalue weighted by Gasteiger charge is -2.17. The van der Waals surface area contributed by atoms with E-state index in [0.717, 1.165) is 18.5 Å². The number of hydrazine groups is 1. The summed E-state index contributed by atoms with van der Waals surface area (Å²) >= 11 is 0. The molecule has 1 aromatic heterocycles. The van der Waals surface area contributed by atoms with E-state index in [1.54, 1.807) is 25.3 Å². The van der Waals surface area contributed by atoms with E-state index in [2.05, 4.69) is 10.5 Å². The number of nitrogens with one attached hydrogen (secondary N) is 1. The van der Waals surface area contributed by atoms with Crippen molar-refractivity contribution in [1.29, 1.82) is 0 Å². The molecule has 19 heavy (non-hydrogen) atoms. The third-order valence-electron chi connectivity index (χ3n) is 3.41. The Labute approximate surface area is 112 Å². The molecule has 1 unspecified atom stereocenters. The number of hydrogen-bond acceptors (Lipinski definition) is 3. The molecule has 0 aliphatic carbocycles. The first-order valence-corrected chi connectivity index (χ1v) is 6.31. The molecule has 0 aliphatic rings. The third kappa shape index (κ3) is 3.00. The molecule has 0 radical (unpaired) electrons. The van der Waals surface area contributed by atoms with Crippen molar-refractivity contribution in [2.45, 2.75) is 25.8 Å². The number of hydrogen-bond donors (Lipinski definition) is 2. The maximum absolute atomic E-state index is 14.1. The van der Waals surface area contributed by atoms with Gasteiger partial charge in [0.2, 0.25) is 0 Å². The minimum absolute atomic E-state index is 0.185. The Kier molecular flexibility index (Phi) is 4.29. The number of aryl methyl sites for hydroxylation is 3. The molecule has 102 valence electrons. The highest BCUT2D eigenvalue weighted by Crippen LogP contribution is 2.23. The lowest BCUT2D eigenvalue weighted by atomic mass is 9.99. The van der Waals surface area contributed by atoms with Crippen LogP contribution in [0.1, 0.15) is 29.3 Å². The molecular formula is C14H19FN4. The highest BCUT2D eigenvalue weighted by atomic mass is 19.1. The van der Waals surface area contributed by atoms with Crippen LogP contribution in [0.5, 0.6) is 0 Å². The summed E-state index contributed by atoms with van der Waals surface area (Å²) < 4.78 is 15.9. The average molecular weight is 262 g/mol. The van der Waals surface area contributed by atoms with E-state index in [-0.39, 0.29) is 11.9 Å². The van der Waals surface area contributed by atoms with Crippen molar-refractivity contribution < 1.29 is 4.39 Å². The summed E-state index contributed by atoms with van der Waals surface area (Å²) in [5, 5.41) is 4.12. The Balaban J connectivity index is 2.12. The minimum atomic E-state index is -0.199. The van der Waals surface area contributed by atoms with Crippen molar-refractivity contribution >= 4 is 0 Å². The summed E-state index contributed by atoms with van der Waals surface area (Å²) in [4.78, 5) is 0. The van der Waals surface area contributed by atoms with Crippen LogP contribution >= 0.6 is 0 Å². The molecule has 0 aliphatic heterocycles. The van der Waals surface area contributed by atoms with Crippen molar-refractivity contribution in [3.8, 4) is 0 Å². The number of benzene rings is 1. The van der Waals surface area contributed by atoms with Crippen LogP contribution in [0.25, 0.3) is 0 Å². The first-order chi connectivity index (χ1) is 9.13. The fraction of sp³-hybridized carbons (Fsp3) is 0.357. The molecular weight excluding hydrogens is 243 g/mol. The van der Waals surface area contributed by atoms with Crippen LogP contribution in [0.2, 0.25) is 0 Å². The lowest BCUT2D eigenvalue weighted by molar-refractivity contribution is 0.477. The fourth-order valence-corrected chi connectivity index (χ4v) is 2.21. The molecule has 2 aromatic rings. The summed E-state index contributed by atoms with van der Waals surface area (Å²) in [6.07, 6.45) is 3.27. The van der Waals surface area contributed by atoms with Crippen molar-refractivity contribution in [3.05, 3.63) is 53.1 Å². The number of rotatable bonds is 5. The molecule has 0 saturated heterocycles. The average Bonchev–Trinajstić information content (AvgIpc) is 2.80. The van der Waals surface area contributed by atoms with E-state index >= 15 is 0 Å². The van der Waals surface area contributed by atoms with Gasteiger partial charge in [-0.3, -0.25) is 16.0 Å². The number of nitrogens with zero attached hydrogens (tertiary/aromatic N) is 2. The fourth-order valence-electron chi connectivity index (χ4n) is 2.21. The maximum atomic E-state index is 14.1. The molecule has 0 bridgehead atoms. The first kappa shape index (κ1) is 13.7. The summed E-state index contributed by atoms with van der Waals surface area (Å²) in [7, 11) is 1.90. The van der Waals surface area contributed by atoms with Crippen LogP contribution in [0, 0.1) is 12.7 Å². The normalized spacial score (nSPS) is 12.6. The van der Waals surface area contributed by atoms with Crippen molar-refractivity contribution in [1.82, 2.24) is 15.2 Å². The Morgan fingerprint density at radius 2 is 2.21 bits per heavy atom. The maximum Gasteiger partial charge on any atom is 0.130 e. The predicted octanol–water partition coefficient (Wildman–Crippen LogP) is 2.00. The SMILES string of the molecule is Cc1cccc(C(CCc2ccnn2C)NN)c1F. The van der Waals surface area contributed by atoms with Gasteiger partial charge in [0.05, 0.1) is 0 Å². The number of aromatic nitrogens is 2. The van der Waals surface area contributed by atoms with Crippen LogP contribution in [0.4, 0.5) is 4.39 Å². The summed E-state index contributed by atoms with van der Waals surface area (Å²) in [6, 6.07) is 7.14. The van der Waals surface area contributed by atoms with Gasteiger partial charge in [0.15, 0.2) is 0 Å². The van der Waals surface area contributed by atoms with Crippen molar-refractivity contribution in [2.75, 3.05) is 0 Å². The van der Waals surface area contributed by atoms with Crippen LogP contribution in [-0.2, 0) is 13.5 Å². The molecule has 4 nitrogen and oxygen atoms in total. The summed E-state index contributed by atoms with van der Waals surface area (Å²) in [6.45, 7) is 1.76. The lowest BCUT2D eigenvalue weighted by Crippen LogP contribution is -2.29. The summed E-state index contributed by atoms with van der Waals surface area (Å²) in [5.41, 5.74) is 5.06. The van der Waals surface area contributed by atoms with Crippen molar-refractivity contribution in [3.63, 3.8) is 0 Å². The second-order valence-corrected chi connectivity index (χ2v) is 4.68. The van der Waals surface area contributed by atoms with E-state index in [9.17, 15) is 4.39 Å². The quantitative estimate of drug-likeness (QED) is 0.640. The van der Waals surface area contributed by atoms with Crippen LogP contribution in [0.15, 0.2) is 30.5 Å². The van der Waals surface area contributed by atoms with E-state index in [1.807, 2.05) is 23.9 Å². The van der Waals surface area contributed by atoms with E-state index in [1.165, 1.54) is 0 Å². The largest absolute Gasteiger partial charge is 0.273 e. The molecule has 1 heterocycles. The topological polar surface area (TPSA) is 55.9 Å². The van der Waals surface area contributed by atoms with Gasteiger partial charge in [0.25, 0.3) is 0 Å². The molecule has 0 amide bonds. The van der Waals surface area contributed by atoms with Gasteiger partial charge < -0.3 is 0 Å². The highest BCUT2D eigenvalue weighted by molar-refractivity contribution is 5.27. The molecule has 0 fully saturated rings. The predicted molar refractivity (Wildman–Crippen MR) is 72.7 cm³/mol. The van der Waals surface area contributed by atoms with E-state index in [0.29, 0.717) is 11.1 Å². The van der Waals surface area contributed by atoms with E-state index in [4.69, 9.17) is 5.84 Å². The second kappa shape index (κ2) is 5.95. The molecule has 1 aromatic carbocycles. The molecule has 2 rings (SSSR count). The van der Waals surface area contributed by atoms with Gasteiger partial charge >= 0.3 is 0 Å². The zero-order chi connectivity index (χ0) is 13.8. The van der Waals surface area contributed by atoms with Gasteiger partial charge in [-0.25, -0.2) is 4.39 Å². The van der Waals surface area contributed by atoms with Gasteiger partial charge in [-0.2, -0.15) is 5.10 Å². The zero-order valence-electron chi connectivity index (χ0n) is 11.2.